The topological polar surface area (TPSA) is 66.4 Å². The Morgan fingerprint density at radius 2 is 2.11 bits per heavy atom. The molecule has 0 spiro atoms. The van der Waals surface area contributed by atoms with Crippen LogP contribution in [0.15, 0.2) is 12.1 Å². The van der Waals surface area contributed by atoms with E-state index in [1.165, 1.54) is 0 Å². The van der Waals surface area contributed by atoms with Crippen LogP contribution in [0.1, 0.15) is 27.9 Å². The van der Waals surface area contributed by atoms with Gasteiger partial charge in [0, 0.05) is 11.7 Å². The monoisotopic (exact) mass is 279 g/mol. The number of thioether (sulfide) groups is 1. The lowest BCUT2D eigenvalue weighted by Gasteiger charge is -2.15. The summed E-state index contributed by atoms with van der Waals surface area (Å²) in [5, 5.41) is 12.0. The van der Waals surface area contributed by atoms with E-state index in [-0.39, 0.29) is 17.4 Å². The number of anilines is 1. The largest absolute Gasteiger partial charge is 0.478 e. The normalized spacial score (nSPS) is 18.3. The molecule has 2 rings (SSSR count). The zero-order chi connectivity index (χ0) is 14.0. The number of aryl methyl sites for hydroxylation is 2. The molecule has 102 valence electrons. The number of benzene rings is 1. The minimum Gasteiger partial charge on any atom is -0.478 e. The second kappa shape index (κ2) is 5.65. The SMILES string of the molecule is Cc1cc(C)c(NC(=O)C2CCSC2)c(C(=O)O)c1. The summed E-state index contributed by atoms with van der Waals surface area (Å²) in [4.78, 5) is 23.4. The highest BCUT2D eigenvalue weighted by Crippen LogP contribution is 2.27. The molecular weight excluding hydrogens is 262 g/mol. The minimum absolute atomic E-state index is 0.00709. The maximum atomic E-state index is 12.1. The van der Waals surface area contributed by atoms with Crippen LogP contribution in [-0.2, 0) is 4.79 Å². The predicted octanol–water partition coefficient (Wildman–Crippen LogP) is 2.69. The Morgan fingerprint density at radius 3 is 2.68 bits per heavy atom. The maximum absolute atomic E-state index is 12.1. The van der Waals surface area contributed by atoms with Gasteiger partial charge in [-0.2, -0.15) is 11.8 Å². The molecule has 1 amide bonds. The molecule has 5 heteroatoms. The Labute approximate surface area is 116 Å². The van der Waals surface area contributed by atoms with Gasteiger partial charge in [0.1, 0.15) is 0 Å². The van der Waals surface area contributed by atoms with E-state index in [1.807, 2.05) is 19.9 Å². The molecule has 2 N–H and O–H groups in total. The fourth-order valence-electron chi connectivity index (χ4n) is 2.27. The Morgan fingerprint density at radius 1 is 1.37 bits per heavy atom. The Balaban J connectivity index is 2.28. The summed E-state index contributed by atoms with van der Waals surface area (Å²) in [6, 6.07) is 3.47. The van der Waals surface area contributed by atoms with Gasteiger partial charge in [-0.3, -0.25) is 4.79 Å². The molecule has 0 aliphatic carbocycles. The molecular formula is C14H17NO3S. The second-order valence-corrected chi connectivity index (χ2v) is 6.01. The van der Waals surface area contributed by atoms with E-state index < -0.39 is 5.97 Å². The fraction of sp³-hybridized carbons (Fsp3) is 0.429. The van der Waals surface area contributed by atoms with E-state index in [1.54, 1.807) is 17.8 Å². The number of nitrogens with one attached hydrogen (secondary N) is 1. The fourth-order valence-corrected chi connectivity index (χ4v) is 3.49. The van der Waals surface area contributed by atoms with Crippen molar-refractivity contribution >= 4 is 29.3 Å². The van der Waals surface area contributed by atoms with E-state index >= 15 is 0 Å². The van der Waals surface area contributed by atoms with Crippen LogP contribution >= 0.6 is 11.8 Å². The van der Waals surface area contributed by atoms with Crippen LogP contribution in [-0.4, -0.2) is 28.5 Å². The van der Waals surface area contributed by atoms with Crippen molar-refractivity contribution < 1.29 is 14.7 Å². The molecule has 1 aromatic carbocycles. The number of aromatic carboxylic acids is 1. The summed E-state index contributed by atoms with van der Waals surface area (Å²) in [7, 11) is 0. The van der Waals surface area contributed by atoms with Gasteiger partial charge in [-0.1, -0.05) is 6.07 Å². The zero-order valence-electron chi connectivity index (χ0n) is 11.0. The van der Waals surface area contributed by atoms with Crippen molar-refractivity contribution in [1.82, 2.24) is 0 Å². The molecule has 1 unspecified atom stereocenters. The number of carbonyl (C=O) groups is 2. The van der Waals surface area contributed by atoms with Gasteiger partial charge >= 0.3 is 5.97 Å². The van der Waals surface area contributed by atoms with E-state index in [9.17, 15) is 14.7 Å². The van der Waals surface area contributed by atoms with Gasteiger partial charge in [0.15, 0.2) is 0 Å². The molecule has 1 saturated heterocycles. The number of hydrogen-bond donors (Lipinski definition) is 2. The van der Waals surface area contributed by atoms with Crippen LogP contribution in [0.2, 0.25) is 0 Å². The number of rotatable bonds is 3. The maximum Gasteiger partial charge on any atom is 0.337 e. The molecule has 0 radical (unpaired) electrons. The molecule has 4 nitrogen and oxygen atoms in total. The number of carboxylic acid groups (broad SMARTS) is 1. The molecule has 0 bridgehead atoms. The zero-order valence-corrected chi connectivity index (χ0v) is 11.8. The molecule has 1 atom stereocenters. The summed E-state index contributed by atoms with van der Waals surface area (Å²) in [6.07, 6.45) is 0.865. The van der Waals surface area contributed by atoms with E-state index in [4.69, 9.17) is 0 Å². The summed E-state index contributed by atoms with van der Waals surface area (Å²) in [5.74, 6) is 0.727. The summed E-state index contributed by atoms with van der Waals surface area (Å²) >= 11 is 1.76. The average molecular weight is 279 g/mol. The van der Waals surface area contributed by atoms with Crippen LogP contribution < -0.4 is 5.32 Å². The molecule has 19 heavy (non-hydrogen) atoms. The van der Waals surface area contributed by atoms with Crippen LogP contribution in [0.3, 0.4) is 0 Å². The first kappa shape index (κ1) is 13.9. The van der Waals surface area contributed by atoms with Gasteiger partial charge in [-0.25, -0.2) is 4.79 Å². The van der Waals surface area contributed by atoms with Crippen LogP contribution in [0.5, 0.6) is 0 Å². The smallest absolute Gasteiger partial charge is 0.337 e. The number of amides is 1. The quantitative estimate of drug-likeness (QED) is 0.892. The third-order valence-corrected chi connectivity index (χ3v) is 4.42. The molecule has 1 aliphatic rings. The summed E-state index contributed by atoms with van der Waals surface area (Å²) < 4.78 is 0. The third-order valence-electron chi connectivity index (χ3n) is 3.26. The van der Waals surface area contributed by atoms with Crippen molar-refractivity contribution in [3.05, 3.63) is 28.8 Å². The van der Waals surface area contributed by atoms with Crippen molar-refractivity contribution in [1.29, 1.82) is 0 Å². The van der Waals surface area contributed by atoms with Crippen molar-refractivity contribution in [2.45, 2.75) is 20.3 Å². The summed E-state index contributed by atoms with van der Waals surface area (Å²) in [5.41, 5.74) is 2.26. The lowest BCUT2D eigenvalue weighted by Crippen LogP contribution is -2.24. The van der Waals surface area contributed by atoms with Gasteiger partial charge in [-0.05, 0) is 43.2 Å². The first-order valence-electron chi connectivity index (χ1n) is 6.22. The lowest BCUT2D eigenvalue weighted by molar-refractivity contribution is -0.119. The van der Waals surface area contributed by atoms with Crippen LogP contribution in [0.25, 0.3) is 0 Å². The molecule has 1 heterocycles. The summed E-state index contributed by atoms with van der Waals surface area (Å²) in [6.45, 7) is 3.66. The highest BCUT2D eigenvalue weighted by Gasteiger charge is 2.25. The Hall–Kier alpha value is -1.49. The second-order valence-electron chi connectivity index (χ2n) is 4.86. The van der Waals surface area contributed by atoms with Gasteiger partial charge < -0.3 is 10.4 Å². The van der Waals surface area contributed by atoms with E-state index in [0.717, 1.165) is 29.1 Å². The van der Waals surface area contributed by atoms with Crippen molar-refractivity contribution in [3.63, 3.8) is 0 Å². The van der Waals surface area contributed by atoms with Gasteiger partial charge in [-0.15, -0.1) is 0 Å². The van der Waals surface area contributed by atoms with Crippen molar-refractivity contribution in [2.75, 3.05) is 16.8 Å². The molecule has 1 aliphatic heterocycles. The van der Waals surface area contributed by atoms with Crippen molar-refractivity contribution in [3.8, 4) is 0 Å². The van der Waals surface area contributed by atoms with E-state index in [0.29, 0.717) is 5.69 Å². The van der Waals surface area contributed by atoms with Crippen molar-refractivity contribution in [2.24, 2.45) is 5.92 Å². The number of carbonyl (C=O) groups excluding carboxylic acids is 1. The highest BCUT2D eigenvalue weighted by atomic mass is 32.2. The first-order valence-corrected chi connectivity index (χ1v) is 7.37. The minimum atomic E-state index is -1.01. The third kappa shape index (κ3) is 3.10. The molecule has 1 aromatic rings. The molecule has 1 fully saturated rings. The average Bonchev–Trinajstić information content (AvgIpc) is 2.85. The highest BCUT2D eigenvalue weighted by molar-refractivity contribution is 7.99. The standard InChI is InChI=1S/C14H17NO3S/c1-8-5-9(2)12(11(6-8)14(17)18)15-13(16)10-3-4-19-7-10/h5-6,10H,3-4,7H2,1-2H3,(H,15,16)(H,17,18). The Kier molecular flexibility index (Phi) is 4.14. The van der Waals surface area contributed by atoms with Crippen LogP contribution in [0.4, 0.5) is 5.69 Å². The number of carboxylic acids is 1. The number of hydrogen-bond acceptors (Lipinski definition) is 3. The molecule has 0 aromatic heterocycles. The first-order chi connectivity index (χ1) is 8.99. The lowest BCUT2D eigenvalue weighted by atomic mass is 10.0. The van der Waals surface area contributed by atoms with Gasteiger partial charge in [0.25, 0.3) is 0 Å². The van der Waals surface area contributed by atoms with Crippen LogP contribution in [0, 0.1) is 19.8 Å². The van der Waals surface area contributed by atoms with Gasteiger partial charge in [0.05, 0.1) is 11.3 Å². The molecule has 0 saturated carbocycles. The van der Waals surface area contributed by atoms with Gasteiger partial charge in [0.2, 0.25) is 5.91 Å². The predicted molar refractivity (Wildman–Crippen MR) is 76.9 cm³/mol. The van der Waals surface area contributed by atoms with E-state index in [2.05, 4.69) is 5.32 Å². The Bertz CT molecular complexity index is 522.